The van der Waals surface area contributed by atoms with E-state index in [9.17, 15) is 23.2 Å². The molecule has 1 aliphatic rings. The Morgan fingerprint density at radius 1 is 1.06 bits per heavy atom. The first kappa shape index (κ1) is 38.3. The van der Waals surface area contributed by atoms with Crippen LogP contribution in [0.15, 0.2) is 60.9 Å². The van der Waals surface area contributed by atoms with Crippen LogP contribution in [-0.2, 0) is 25.7 Å². The molecule has 3 aromatic carbocycles. The van der Waals surface area contributed by atoms with Crippen molar-refractivity contribution in [3.05, 3.63) is 83.1 Å². The van der Waals surface area contributed by atoms with E-state index < -0.39 is 58.1 Å². The molecule has 1 fully saturated rings. The maximum atomic E-state index is 14.8. The highest BCUT2D eigenvalue weighted by Gasteiger charge is 2.45. The Labute approximate surface area is 305 Å². The van der Waals surface area contributed by atoms with E-state index in [2.05, 4.69) is 31.2 Å². The lowest BCUT2D eigenvalue weighted by Gasteiger charge is -2.36. The Morgan fingerprint density at radius 2 is 1.79 bits per heavy atom. The second-order valence-electron chi connectivity index (χ2n) is 13.6. The number of aromatic nitrogens is 2. The van der Waals surface area contributed by atoms with Gasteiger partial charge in [-0.05, 0) is 43.1 Å². The number of hydrogen-bond donors (Lipinski definition) is 4. The highest BCUT2D eigenvalue weighted by atomic mass is 35.5. The summed E-state index contributed by atoms with van der Waals surface area (Å²) in [6.45, 7) is 7.59. The number of methoxy groups -OCH3 is 1. The molecule has 0 bridgehead atoms. The first-order chi connectivity index (χ1) is 24.7. The maximum absolute atomic E-state index is 14.8. The highest BCUT2D eigenvalue weighted by molar-refractivity contribution is 6.31. The predicted octanol–water partition coefficient (Wildman–Crippen LogP) is 5.58. The molecule has 276 valence electrons. The molecule has 4 atom stereocenters. The van der Waals surface area contributed by atoms with Crippen LogP contribution < -0.4 is 26.0 Å². The van der Waals surface area contributed by atoms with Crippen molar-refractivity contribution in [1.82, 2.24) is 25.5 Å². The monoisotopic (exact) mass is 737 g/mol. The smallest absolute Gasteiger partial charge is 0.247 e. The summed E-state index contributed by atoms with van der Waals surface area (Å²) in [6, 6.07) is 12.4. The summed E-state index contributed by atoms with van der Waals surface area (Å²) in [7, 11) is 3.07. The van der Waals surface area contributed by atoms with Gasteiger partial charge < -0.3 is 35.6 Å². The standard InChI is InChI=1S/C37H42ClF2N7O5/c1-20(41-5)34(48)46-32(37(2,3)4)36(50)47-17-22(52-18-21-10-8-7-9-11-21)14-28(47)35(49)45-27-15-23-26(16-29(27)51-6)42-19-43-33(23)44-25-13-12-24(39)30(38)31(25)40/h7-13,15-16,19-20,22,28,32,41H,14,17-18H2,1-6H3,(H,45,49)(H,46,48)(H,42,43,44)/t20?,22-,28+,32?/m1/s1. The zero-order valence-corrected chi connectivity index (χ0v) is 30.5. The molecule has 0 spiro atoms. The van der Waals surface area contributed by atoms with E-state index in [-0.39, 0.29) is 48.4 Å². The average molecular weight is 738 g/mol. The number of benzene rings is 3. The van der Waals surface area contributed by atoms with Crippen molar-refractivity contribution in [2.75, 3.05) is 31.3 Å². The average Bonchev–Trinajstić information content (AvgIpc) is 3.57. The first-order valence-corrected chi connectivity index (χ1v) is 17.1. The second-order valence-corrected chi connectivity index (χ2v) is 14.0. The maximum Gasteiger partial charge on any atom is 0.247 e. The summed E-state index contributed by atoms with van der Waals surface area (Å²) in [6.07, 6.45) is 0.941. The minimum absolute atomic E-state index is 0.107. The van der Waals surface area contributed by atoms with E-state index in [4.69, 9.17) is 21.1 Å². The summed E-state index contributed by atoms with van der Waals surface area (Å²) in [5.41, 5.74) is 0.722. The fourth-order valence-corrected chi connectivity index (χ4v) is 5.99. The van der Waals surface area contributed by atoms with Gasteiger partial charge in [-0.2, -0.15) is 0 Å². The topological polar surface area (TPSA) is 147 Å². The number of ether oxygens (including phenoxy) is 2. The summed E-state index contributed by atoms with van der Waals surface area (Å²) in [5.74, 6) is -2.82. The van der Waals surface area contributed by atoms with Crippen molar-refractivity contribution in [3.8, 4) is 5.75 Å². The van der Waals surface area contributed by atoms with Gasteiger partial charge in [-0.3, -0.25) is 14.4 Å². The zero-order chi connectivity index (χ0) is 37.7. The van der Waals surface area contributed by atoms with Crippen LogP contribution in [0.2, 0.25) is 5.02 Å². The Bertz CT molecular complexity index is 1950. The number of anilines is 3. The number of nitrogens with one attached hydrogen (secondary N) is 4. The van der Waals surface area contributed by atoms with E-state index in [1.807, 2.05) is 51.1 Å². The molecule has 1 aliphatic heterocycles. The quantitative estimate of drug-likeness (QED) is 0.137. The van der Waals surface area contributed by atoms with Gasteiger partial charge in [-0.25, -0.2) is 18.7 Å². The molecule has 12 nitrogen and oxygen atoms in total. The minimum Gasteiger partial charge on any atom is -0.494 e. The molecule has 4 aromatic rings. The van der Waals surface area contributed by atoms with Crippen molar-refractivity contribution in [1.29, 1.82) is 0 Å². The van der Waals surface area contributed by atoms with E-state index >= 15 is 0 Å². The molecule has 2 unspecified atom stereocenters. The molecule has 1 saturated heterocycles. The SMILES string of the molecule is CNC(C)C(=O)NC(C(=O)N1C[C@H](OCc2ccccc2)C[C@H]1C(=O)Nc1cc2c(Nc3ccc(F)c(Cl)c3F)ncnc2cc1OC)C(C)(C)C. The van der Waals surface area contributed by atoms with Gasteiger partial charge in [0.25, 0.3) is 0 Å². The van der Waals surface area contributed by atoms with E-state index in [0.29, 0.717) is 10.9 Å². The van der Waals surface area contributed by atoms with Gasteiger partial charge in [0.2, 0.25) is 17.7 Å². The third-order valence-corrected chi connectivity index (χ3v) is 9.25. The minimum atomic E-state index is -1.00. The summed E-state index contributed by atoms with van der Waals surface area (Å²) < 4.78 is 40.5. The normalized spacial score (nSPS) is 17.1. The second kappa shape index (κ2) is 16.2. The number of hydrogen-bond acceptors (Lipinski definition) is 9. The fourth-order valence-electron chi connectivity index (χ4n) is 5.83. The molecule has 5 rings (SSSR count). The number of halogens is 3. The third kappa shape index (κ3) is 8.57. The molecule has 0 saturated carbocycles. The Morgan fingerprint density at radius 3 is 2.46 bits per heavy atom. The van der Waals surface area contributed by atoms with Crippen molar-refractivity contribution in [3.63, 3.8) is 0 Å². The van der Waals surface area contributed by atoms with Gasteiger partial charge in [0.1, 0.15) is 40.8 Å². The van der Waals surface area contributed by atoms with Gasteiger partial charge in [-0.15, -0.1) is 0 Å². The lowest BCUT2D eigenvalue weighted by Crippen LogP contribution is -2.59. The molecular formula is C37H42ClF2N7O5. The van der Waals surface area contributed by atoms with E-state index in [1.165, 1.54) is 24.4 Å². The number of nitrogens with zero attached hydrogens (tertiary/aromatic N) is 3. The molecule has 0 radical (unpaired) electrons. The zero-order valence-electron chi connectivity index (χ0n) is 29.7. The number of carbonyl (C=O) groups excluding carboxylic acids is 3. The number of carbonyl (C=O) groups is 3. The number of likely N-dealkylation sites (N-methyl/N-ethyl adjacent to an activating group) is 1. The van der Waals surface area contributed by atoms with Gasteiger partial charge >= 0.3 is 0 Å². The van der Waals surface area contributed by atoms with Crippen LogP contribution in [0.4, 0.5) is 26.0 Å². The van der Waals surface area contributed by atoms with Gasteiger partial charge in [0.15, 0.2) is 5.82 Å². The number of amides is 3. The molecule has 4 N–H and O–H groups in total. The Kier molecular flexibility index (Phi) is 11.9. The first-order valence-electron chi connectivity index (χ1n) is 16.7. The van der Waals surface area contributed by atoms with Crippen LogP contribution in [0.5, 0.6) is 5.75 Å². The van der Waals surface area contributed by atoms with E-state index in [1.54, 1.807) is 26.1 Å². The van der Waals surface area contributed by atoms with Crippen LogP contribution in [0.1, 0.15) is 39.7 Å². The van der Waals surface area contributed by atoms with Crippen LogP contribution in [0, 0.1) is 17.0 Å². The lowest BCUT2D eigenvalue weighted by atomic mass is 9.85. The van der Waals surface area contributed by atoms with E-state index in [0.717, 1.165) is 11.6 Å². The van der Waals surface area contributed by atoms with Crippen molar-refractivity contribution in [2.24, 2.45) is 5.41 Å². The largest absolute Gasteiger partial charge is 0.494 e. The summed E-state index contributed by atoms with van der Waals surface area (Å²) >= 11 is 5.79. The molecule has 2 heterocycles. The lowest BCUT2D eigenvalue weighted by molar-refractivity contribution is -0.143. The van der Waals surface area contributed by atoms with Crippen LogP contribution in [-0.4, -0.2) is 77.5 Å². The summed E-state index contributed by atoms with van der Waals surface area (Å²) in [4.78, 5) is 51.5. The predicted molar refractivity (Wildman–Crippen MR) is 194 cm³/mol. The molecule has 1 aromatic heterocycles. The van der Waals surface area contributed by atoms with Crippen LogP contribution in [0.25, 0.3) is 10.9 Å². The summed E-state index contributed by atoms with van der Waals surface area (Å²) in [5, 5.41) is 11.2. The molecule has 3 amide bonds. The number of likely N-dealkylation sites (tertiary alicyclic amines) is 1. The van der Waals surface area contributed by atoms with Gasteiger partial charge in [-0.1, -0.05) is 62.7 Å². The van der Waals surface area contributed by atoms with Crippen LogP contribution in [0.3, 0.4) is 0 Å². The number of fused-ring (bicyclic) bond motifs is 1. The van der Waals surface area contributed by atoms with Crippen LogP contribution >= 0.6 is 11.6 Å². The van der Waals surface area contributed by atoms with Crippen molar-refractivity contribution in [2.45, 2.75) is 65.0 Å². The van der Waals surface area contributed by atoms with Crippen molar-refractivity contribution < 1.29 is 32.6 Å². The molecule has 52 heavy (non-hydrogen) atoms. The third-order valence-electron chi connectivity index (χ3n) is 8.91. The Balaban J connectivity index is 1.46. The van der Waals surface area contributed by atoms with Gasteiger partial charge in [0.05, 0.1) is 42.8 Å². The van der Waals surface area contributed by atoms with Crippen molar-refractivity contribution >= 4 is 57.4 Å². The highest BCUT2D eigenvalue weighted by Crippen LogP contribution is 2.36. The molecular weight excluding hydrogens is 696 g/mol. The Hall–Kier alpha value is -4.92. The molecule has 0 aliphatic carbocycles. The fraction of sp³-hybridized carbons (Fsp3) is 0.378. The van der Waals surface area contributed by atoms with Gasteiger partial charge in [0, 0.05) is 24.4 Å². The number of rotatable bonds is 12. The molecule has 15 heteroatoms.